The third kappa shape index (κ3) is 5.77. The van der Waals surface area contributed by atoms with Gasteiger partial charge in [-0.2, -0.15) is 0 Å². The van der Waals surface area contributed by atoms with Gasteiger partial charge in [-0.1, -0.05) is 24.3 Å². The maximum atomic E-state index is 6.03. The van der Waals surface area contributed by atoms with Crippen LogP contribution in [-0.2, 0) is 22.3 Å². The van der Waals surface area contributed by atoms with Crippen molar-refractivity contribution in [2.45, 2.75) is 65.6 Å². The number of ether oxygens (including phenoxy) is 4. The summed E-state index contributed by atoms with van der Waals surface area (Å²) in [5.74, 6) is 2.06. The van der Waals surface area contributed by atoms with Crippen LogP contribution in [0.3, 0.4) is 0 Å². The topological polar surface area (TPSA) is 43.5 Å². The Labute approximate surface area is 180 Å². The molecule has 2 aliphatic rings. The molecule has 2 aliphatic heterocycles. The Hall–Kier alpha value is -2.04. The van der Waals surface area contributed by atoms with Gasteiger partial charge in [0.05, 0.1) is 38.6 Å². The van der Waals surface area contributed by atoms with E-state index in [-0.39, 0.29) is 0 Å². The van der Waals surface area contributed by atoms with Crippen molar-refractivity contribution in [3.8, 4) is 11.5 Å². The second-order valence-corrected chi connectivity index (χ2v) is 8.80. The fourth-order valence-electron chi connectivity index (χ4n) is 4.17. The van der Waals surface area contributed by atoms with Crippen LogP contribution in [-0.4, -0.2) is 38.6 Å². The second kappa shape index (κ2) is 9.40. The summed E-state index contributed by atoms with van der Waals surface area (Å²) < 4.78 is 22.6. The molecule has 4 heteroatoms. The molecule has 2 heterocycles. The van der Waals surface area contributed by atoms with E-state index in [1.807, 2.05) is 0 Å². The summed E-state index contributed by atoms with van der Waals surface area (Å²) in [4.78, 5) is 0. The van der Waals surface area contributed by atoms with Crippen molar-refractivity contribution in [2.75, 3.05) is 26.4 Å². The number of epoxide rings is 2. The van der Waals surface area contributed by atoms with Crippen molar-refractivity contribution in [3.05, 3.63) is 57.6 Å². The van der Waals surface area contributed by atoms with Crippen LogP contribution in [0.5, 0.6) is 11.5 Å². The fraction of sp³-hybridized carbons (Fsp3) is 0.538. The van der Waals surface area contributed by atoms with Gasteiger partial charge >= 0.3 is 0 Å². The molecule has 2 saturated heterocycles. The van der Waals surface area contributed by atoms with Gasteiger partial charge in [-0.3, -0.25) is 0 Å². The number of benzene rings is 2. The predicted octanol–water partition coefficient (Wildman–Crippen LogP) is 5.04. The molecule has 2 fully saturated rings. The molecule has 2 aromatic rings. The summed E-state index contributed by atoms with van der Waals surface area (Å²) in [6, 6.07) is 9.08. The summed E-state index contributed by atoms with van der Waals surface area (Å²) in [7, 11) is 0. The molecular weight excluding hydrogens is 376 g/mol. The largest absolute Gasteiger partial charge is 0.493 e. The Balaban J connectivity index is 1.33. The van der Waals surface area contributed by atoms with Crippen molar-refractivity contribution in [3.63, 3.8) is 0 Å². The van der Waals surface area contributed by atoms with E-state index in [1.165, 1.54) is 33.4 Å². The van der Waals surface area contributed by atoms with Gasteiger partial charge in [-0.15, -0.1) is 0 Å². The zero-order chi connectivity index (χ0) is 21.1. The van der Waals surface area contributed by atoms with Gasteiger partial charge in [0, 0.05) is 12.8 Å². The number of hydrogen-bond donors (Lipinski definition) is 0. The Morgan fingerprint density at radius 2 is 1.00 bits per heavy atom. The van der Waals surface area contributed by atoms with Crippen molar-refractivity contribution in [2.24, 2.45) is 0 Å². The maximum Gasteiger partial charge on any atom is 0.125 e. The van der Waals surface area contributed by atoms with E-state index in [0.717, 1.165) is 63.6 Å². The molecule has 2 aromatic carbocycles. The van der Waals surface area contributed by atoms with Crippen LogP contribution in [0.4, 0.5) is 0 Å². The first-order valence-electron chi connectivity index (χ1n) is 11.2. The van der Waals surface area contributed by atoms with E-state index in [1.54, 1.807) is 0 Å². The molecular formula is C26H34O4. The van der Waals surface area contributed by atoms with Crippen LogP contribution in [0.2, 0.25) is 0 Å². The highest BCUT2D eigenvalue weighted by atomic mass is 16.6. The van der Waals surface area contributed by atoms with Gasteiger partial charge in [-0.05, 0) is 73.9 Å². The Morgan fingerprint density at radius 1 is 0.667 bits per heavy atom. The minimum absolute atomic E-state index is 0.417. The standard InChI is InChI=1S/C26H34O4/c1-17-11-21(12-18(2)25(17)27-9-7-23-15-29-23)5-6-22-13-19(3)26(20(4)14-22)28-10-8-24-16-30-24/h11-14,23-24H,5-10,15-16H2,1-4H3. The fourth-order valence-corrected chi connectivity index (χ4v) is 4.17. The molecule has 30 heavy (non-hydrogen) atoms. The van der Waals surface area contributed by atoms with E-state index in [0.29, 0.717) is 12.2 Å². The van der Waals surface area contributed by atoms with Crippen LogP contribution in [0.25, 0.3) is 0 Å². The van der Waals surface area contributed by atoms with Crippen LogP contribution in [0, 0.1) is 27.7 Å². The monoisotopic (exact) mass is 410 g/mol. The van der Waals surface area contributed by atoms with Crippen LogP contribution in [0.15, 0.2) is 24.3 Å². The van der Waals surface area contributed by atoms with Crippen molar-refractivity contribution < 1.29 is 18.9 Å². The van der Waals surface area contributed by atoms with E-state index >= 15 is 0 Å². The SMILES string of the molecule is Cc1cc(CCc2cc(C)c(OCCC3CO3)c(C)c2)cc(C)c1OCCC1CO1. The molecule has 2 atom stereocenters. The number of hydrogen-bond acceptors (Lipinski definition) is 4. The minimum Gasteiger partial charge on any atom is -0.493 e. The number of aryl methyl sites for hydroxylation is 6. The third-order valence-electron chi connectivity index (χ3n) is 5.92. The lowest BCUT2D eigenvalue weighted by Crippen LogP contribution is -2.05. The highest BCUT2D eigenvalue weighted by molar-refractivity contribution is 5.45. The summed E-state index contributed by atoms with van der Waals surface area (Å²) in [5.41, 5.74) is 7.61. The highest BCUT2D eigenvalue weighted by Gasteiger charge is 2.23. The van der Waals surface area contributed by atoms with Crippen LogP contribution >= 0.6 is 0 Å². The first-order valence-corrected chi connectivity index (χ1v) is 11.2. The summed E-state index contributed by atoms with van der Waals surface area (Å²) in [5, 5.41) is 0. The molecule has 0 bridgehead atoms. The summed E-state index contributed by atoms with van der Waals surface area (Å²) >= 11 is 0. The zero-order valence-electron chi connectivity index (χ0n) is 18.8. The molecule has 0 saturated carbocycles. The molecule has 0 amide bonds. The molecule has 0 aromatic heterocycles. The lowest BCUT2D eigenvalue weighted by molar-refractivity contribution is 0.280. The maximum absolute atomic E-state index is 6.03. The molecule has 4 nitrogen and oxygen atoms in total. The predicted molar refractivity (Wildman–Crippen MR) is 119 cm³/mol. The Morgan fingerprint density at radius 3 is 1.30 bits per heavy atom. The second-order valence-electron chi connectivity index (χ2n) is 8.80. The molecule has 162 valence electrons. The van der Waals surface area contributed by atoms with E-state index < -0.39 is 0 Å². The Bertz CT molecular complexity index is 761. The molecule has 4 rings (SSSR count). The van der Waals surface area contributed by atoms with Crippen molar-refractivity contribution in [1.29, 1.82) is 0 Å². The summed E-state index contributed by atoms with van der Waals surface area (Å²) in [6.07, 6.45) is 4.84. The lowest BCUT2D eigenvalue weighted by atomic mass is 9.97. The van der Waals surface area contributed by atoms with Crippen LogP contribution in [0.1, 0.15) is 46.2 Å². The number of rotatable bonds is 11. The molecule has 0 N–H and O–H groups in total. The highest BCUT2D eigenvalue weighted by Crippen LogP contribution is 2.29. The lowest BCUT2D eigenvalue weighted by Gasteiger charge is -2.15. The molecule has 0 spiro atoms. The molecule has 0 radical (unpaired) electrons. The first kappa shape index (κ1) is 21.2. The van der Waals surface area contributed by atoms with Crippen LogP contribution < -0.4 is 9.47 Å². The smallest absolute Gasteiger partial charge is 0.125 e. The van der Waals surface area contributed by atoms with Gasteiger partial charge in [0.2, 0.25) is 0 Å². The minimum atomic E-state index is 0.417. The van der Waals surface area contributed by atoms with E-state index in [4.69, 9.17) is 18.9 Å². The zero-order valence-corrected chi connectivity index (χ0v) is 18.8. The van der Waals surface area contributed by atoms with Gasteiger partial charge in [0.25, 0.3) is 0 Å². The van der Waals surface area contributed by atoms with Gasteiger partial charge in [0.15, 0.2) is 0 Å². The molecule has 2 unspecified atom stereocenters. The Kier molecular flexibility index (Phi) is 6.64. The van der Waals surface area contributed by atoms with Gasteiger partial charge in [0.1, 0.15) is 11.5 Å². The van der Waals surface area contributed by atoms with E-state index in [9.17, 15) is 0 Å². The normalized spacial score (nSPS) is 19.6. The average molecular weight is 411 g/mol. The average Bonchev–Trinajstić information content (AvgIpc) is 3.59. The van der Waals surface area contributed by atoms with E-state index in [2.05, 4.69) is 52.0 Å². The van der Waals surface area contributed by atoms with Gasteiger partial charge in [-0.25, -0.2) is 0 Å². The van der Waals surface area contributed by atoms with Gasteiger partial charge < -0.3 is 18.9 Å². The van der Waals surface area contributed by atoms with Crippen molar-refractivity contribution >= 4 is 0 Å². The third-order valence-corrected chi connectivity index (χ3v) is 5.92. The first-order chi connectivity index (χ1) is 14.5. The quantitative estimate of drug-likeness (QED) is 0.487. The van der Waals surface area contributed by atoms with Crippen molar-refractivity contribution in [1.82, 2.24) is 0 Å². The summed E-state index contributed by atoms with van der Waals surface area (Å²) in [6.45, 7) is 11.8. The molecule has 0 aliphatic carbocycles.